The van der Waals surface area contributed by atoms with Crippen molar-refractivity contribution in [2.45, 2.75) is 41.8 Å². The quantitative estimate of drug-likeness (QED) is 0.914. The predicted octanol–water partition coefficient (Wildman–Crippen LogP) is 1.91. The lowest BCUT2D eigenvalue weighted by molar-refractivity contribution is 0.0189. The normalized spacial score (nSPS) is 32.5. The molecule has 2 aromatic rings. The Hall–Kier alpha value is -1.40. The Morgan fingerprint density at radius 3 is 2.50 bits per heavy atom. The van der Waals surface area contributed by atoms with Crippen molar-refractivity contribution < 1.29 is 5.11 Å². The molecule has 2 aromatic heterocycles. The third-order valence-corrected chi connectivity index (χ3v) is 5.81. The average Bonchev–Trinajstić information content (AvgIpc) is 3.09. The molecule has 2 aliphatic heterocycles. The highest BCUT2D eigenvalue weighted by molar-refractivity contribution is 8.00. The summed E-state index contributed by atoms with van der Waals surface area (Å²) >= 11 is 2.04. The minimum absolute atomic E-state index is 0.586. The maximum Gasteiger partial charge on any atom is 0.234 e. The first-order valence-corrected chi connectivity index (χ1v) is 7.86. The highest BCUT2D eigenvalue weighted by atomic mass is 32.2. The topological polar surface area (TPSA) is 63.8 Å². The van der Waals surface area contributed by atoms with Gasteiger partial charge in [-0.1, -0.05) is 0 Å². The third-order valence-electron chi connectivity index (χ3n) is 4.24. The lowest BCUT2D eigenvalue weighted by Crippen LogP contribution is -2.35. The van der Waals surface area contributed by atoms with Crippen LogP contribution in [-0.4, -0.2) is 35.1 Å². The van der Waals surface area contributed by atoms with Crippen molar-refractivity contribution >= 4 is 11.8 Å². The summed E-state index contributed by atoms with van der Waals surface area (Å²) < 4.78 is 1.76. The zero-order valence-corrected chi connectivity index (χ0v) is 11.8. The molecule has 0 aliphatic carbocycles. The minimum atomic E-state index is -0.745. The Morgan fingerprint density at radius 2 is 1.90 bits per heavy atom. The van der Waals surface area contributed by atoms with Crippen LogP contribution in [0.4, 0.5) is 0 Å². The molecule has 0 aromatic carbocycles. The first kappa shape index (κ1) is 12.3. The van der Waals surface area contributed by atoms with Crippen LogP contribution in [0.15, 0.2) is 31.1 Å². The van der Waals surface area contributed by atoms with Crippen molar-refractivity contribution in [3.05, 3.63) is 36.7 Å². The average molecular weight is 288 g/mol. The Kier molecular flexibility index (Phi) is 2.82. The van der Waals surface area contributed by atoms with E-state index in [4.69, 9.17) is 0 Å². The summed E-state index contributed by atoms with van der Waals surface area (Å²) in [6.45, 7) is 0. The molecule has 2 unspecified atom stereocenters. The Morgan fingerprint density at radius 1 is 1.20 bits per heavy atom. The van der Waals surface area contributed by atoms with Crippen LogP contribution in [0.5, 0.6) is 0 Å². The molecule has 2 atom stereocenters. The van der Waals surface area contributed by atoms with Crippen molar-refractivity contribution in [1.29, 1.82) is 0 Å². The molecule has 2 fully saturated rings. The van der Waals surface area contributed by atoms with E-state index in [1.165, 1.54) is 12.8 Å². The van der Waals surface area contributed by atoms with E-state index in [1.54, 1.807) is 35.7 Å². The number of thioether (sulfide) groups is 1. The second-order valence-electron chi connectivity index (χ2n) is 5.64. The fourth-order valence-corrected chi connectivity index (χ4v) is 5.06. The maximum atomic E-state index is 10.9. The van der Waals surface area contributed by atoms with E-state index in [0.29, 0.717) is 16.4 Å². The Labute approximate surface area is 121 Å². The number of aromatic nitrogens is 4. The smallest absolute Gasteiger partial charge is 0.234 e. The minimum Gasteiger partial charge on any atom is -0.385 e. The van der Waals surface area contributed by atoms with E-state index in [2.05, 4.69) is 15.0 Å². The van der Waals surface area contributed by atoms with Gasteiger partial charge in [-0.3, -0.25) is 4.57 Å². The number of hydrogen-bond acceptors (Lipinski definition) is 5. The van der Waals surface area contributed by atoms with Gasteiger partial charge in [0, 0.05) is 40.9 Å². The summed E-state index contributed by atoms with van der Waals surface area (Å²) in [6.07, 6.45) is 12.8. The van der Waals surface area contributed by atoms with Gasteiger partial charge in [0.05, 0.1) is 5.60 Å². The lowest BCUT2D eigenvalue weighted by Gasteiger charge is -2.35. The van der Waals surface area contributed by atoms with Gasteiger partial charge in [-0.15, -0.1) is 0 Å². The number of fused-ring (bicyclic) bond motifs is 2. The molecule has 0 saturated carbocycles. The molecule has 2 aliphatic rings. The van der Waals surface area contributed by atoms with Crippen LogP contribution in [0.1, 0.15) is 31.2 Å². The summed E-state index contributed by atoms with van der Waals surface area (Å²) in [5.41, 5.74) is 0.100. The molecule has 2 bridgehead atoms. The monoisotopic (exact) mass is 288 g/mol. The number of aliphatic hydroxyl groups is 1. The molecule has 0 radical (unpaired) electrons. The molecule has 20 heavy (non-hydrogen) atoms. The lowest BCUT2D eigenvalue weighted by atomic mass is 9.88. The summed E-state index contributed by atoms with van der Waals surface area (Å²) in [5, 5.41) is 12.1. The fraction of sp³-hybridized carbons (Fsp3) is 0.500. The summed E-state index contributed by atoms with van der Waals surface area (Å²) in [6, 6.07) is 0. The van der Waals surface area contributed by atoms with Gasteiger partial charge in [0.25, 0.3) is 0 Å². The van der Waals surface area contributed by atoms with Crippen LogP contribution in [0.2, 0.25) is 0 Å². The zero-order chi connectivity index (χ0) is 13.6. The third kappa shape index (κ3) is 2.03. The zero-order valence-electron chi connectivity index (χ0n) is 11.0. The SMILES string of the molecule is OC1(c2cnc(-n3ccnc3)nc2)CC2CCC(C1)S2. The van der Waals surface area contributed by atoms with Gasteiger partial charge in [0.15, 0.2) is 0 Å². The molecule has 1 N–H and O–H groups in total. The fourth-order valence-electron chi connectivity index (χ4n) is 3.22. The van der Waals surface area contributed by atoms with Crippen LogP contribution in [-0.2, 0) is 5.60 Å². The second-order valence-corrected chi connectivity index (χ2v) is 7.24. The molecule has 0 amide bonds. The van der Waals surface area contributed by atoms with E-state index in [1.807, 2.05) is 11.8 Å². The number of imidazole rings is 1. The standard InChI is InChI=1S/C14H16N4OS/c19-14(5-11-1-2-12(6-14)20-11)10-7-16-13(17-8-10)18-4-3-15-9-18/h3-4,7-9,11-12,19H,1-2,5-6H2. The predicted molar refractivity (Wildman–Crippen MR) is 76.7 cm³/mol. The number of nitrogens with zero attached hydrogens (tertiary/aromatic N) is 4. The van der Waals surface area contributed by atoms with E-state index in [-0.39, 0.29) is 0 Å². The van der Waals surface area contributed by atoms with Crippen molar-refractivity contribution in [3.63, 3.8) is 0 Å². The van der Waals surface area contributed by atoms with Gasteiger partial charge in [0.1, 0.15) is 6.33 Å². The highest BCUT2D eigenvalue weighted by Gasteiger charge is 2.44. The van der Waals surface area contributed by atoms with E-state index < -0.39 is 5.60 Å². The van der Waals surface area contributed by atoms with Crippen molar-refractivity contribution in [1.82, 2.24) is 19.5 Å². The summed E-state index contributed by atoms with van der Waals surface area (Å²) in [4.78, 5) is 12.7. The van der Waals surface area contributed by atoms with E-state index >= 15 is 0 Å². The van der Waals surface area contributed by atoms with Crippen molar-refractivity contribution in [2.75, 3.05) is 0 Å². The van der Waals surface area contributed by atoms with Gasteiger partial charge >= 0.3 is 0 Å². The van der Waals surface area contributed by atoms with Crippen molar-refractivity contribution in [2.24, 2.45) is 0 Å². The van der Waals surface area contributed by atoms with Crippen LogP contribution in [0, 0.1) is 0 Å². The van der Waals surface area contributed by atoms with Crippen LogP contribution >= 0.6 is 11.8 Å². The molecular weight excluding hydrogens is 272 g/mol. The van der Waals surface area contributed by atoms with E-state index in [0.717, 1.165) is 18.4 Å². The molecule has 5 nitrogen and oxygen atoms in total. The van der Waals surface area contributed by atoms with Gasteiger partial charge in [0.2, 0.25) is 5.95 Å². The second kappa shape index (κ2) is 4.56. The molecule has 104 valence electrons. The highest BCUT2D eigenvalue weighted by Crippen LogP contribution is 2.50. The Balaban J connectivity index is 1.62. The summed E-state index contributed by atoms with van der Waals surface area (Å²) in [7, 11) is 0. The van der Waals surface area contributed by atoms with Crippen molar-refractivity contribution in [3.8, 4) is 5.95 Å². The van der Waals surface area contributed by atoms with Crippen LogP contribution in [0.25, 0.3) is 5.95 Å². The van der Waals surface area contributed by atoms with Gasteiger partial charge < -0.3 is 5.11 Å². The largest absolute Gasteiger partial charge is 0.385 e. The number of hydrogen-bond donors (Lipinski definition) is 1. The summed E-state index contributed by atoms with van der Waals surface area (Å²) in [5.74, 6) is 0.586. The Bertz CT molecular complexity index is 586. The molecule has 6 heteroatoms. The van der Waals surface area contributed by atoms with Crippen LogP contribution < -0.4 is 0 Å². The molecule has 0 spiro atoms. The molecule has 4 heterocycles. The van der Waals surface area contributed by atoms with Gasteiger partial charge in [-0.2, -0.15) is 11.8 Å². The maximum absolute atomic E-state index is 10.9. The molecule has 4 rings (SSSR count). The van der Waals surface area contributed by atoms with Crippen LogP contribution in [0.3, 0.4) is 0 Å². The first-order valence-electron chi connectivity index (χ1n) is 6.92. The molecule has 2 saturated heterocycles. The van der Waals surface area contributed by atoms with E-state index in [9.17, 15) is 5.11 Å². The number of rotatable bonds is 2. The molecular formula is C14H16N4OS. The first-order chi connectivity index (χ1) is 9.73. The van der Waals surface area contributed by atoms with Gasteiger partial charge in [-0.25, -0.2) is 15.0 Å². The van der Waals surface area contributed by atoms with Gasteiger partial charge in [-0.05, 0) is 25.7 Å².